The summed E-state index contributed by atoms with van der Waals surface area (Å²) in [6.07, 6.45) is 0.947. The number of ether oxygens (including phenoxy) is 3. The zero-order valence-corrected chi connectivity index (χ0v) is 16.9. The van der Waals surface area contributed by atoms with Crippen molar-refractivity contribution in [3.63, 3.8) is 0 Å². The minimum absolute atomic E-state index is 0.109. The maximum absolute atomic E-state index is 12.1. The first-order chi connectivity index (χ1) is 14.5. The molecule has 0 saturated heterocycles. The molecule has 0 fully saturated rings. The molecule has 0 aliphatic carbocycles. The third kappa shape index (κ3) is 5.50. The van der Waals surface area contributed by atoms with E-state index < -0.39 is 24.4 Å². The van der Waals surface area contributed by atoms with Crippen LogP contribution in [0.15, 0.2) is 42.5 Å². The highest BCUT2D eigenvalue weighted by molar-refractivity contribution is 5.96. The van der Waals surface area contributed by atoms with Crippen LogP contribution in [0.2, 0.25) is 0 Å². The number of carbonyl (C=O) groups excluding carboxylic acids is 3. The SMILES string of the molecule is CCc1ccc([C@H](C)NC(=O)COC(=O)CNC(=O)c2ccc3c(c2)OCO3)cc1. The maximum Gasteiger partial charge on any atom is 0.325 e. The van der Waals surface area contributed by atoms with E-state index in [1.54, 1.807) is 12.1 Å². The fraction of sp³-hybridized carbons (Fsp3) is 0.318. The molecule has 0 spiro atoms. The second-order valence-electron chi connectivity index (χ2n) is 6.80. The van der Waals surface area contributed by atoms with Crippen molar-refractivity contribution in [2.24, 2.45) is 0 Å². The van der Waals surface area contributed by atoms with Crippen LogP contribution in [0.5, 0.6) is 11.5 Å². The molecule has 1 aliphatic heterocycles. The average molecular weight is 412 g/mol. The van der Waals surface area contributed by atoms with Crippen molar-refractivity contribution in [3.05, 3.63) is 59.2 Å². The fourth-order valence-electron chi connectivity index (χ4n) is 2.90. The Hall–Kier alpha value is -3.55. The van der Waals surface area contributed by atoms with Crippen molar-refractivity contribution in [1.82, 2.24) is 10.6 Å². The molecule has 2 aromatic carbocycles. The second kappa shape index (κ2) is 9.78. The highest BCUT2D eigenvalue weighted by Crippen LogP contribution is 2.32. The lowest BCUT2D eigenvalue weighted by Gasteiger charge is -2.15. The molecule has 8 nitrogen and oxygen atoms in total. The Morgan fingerprint density at radius 2 is 1.80 bits per heavy atom. The van der Waals surface area contributed by atoms with Gasteiger partial charge in [0.25, 0.3) is 11.8 Å². The standard InChI is InChI=1S/C22H24N2O6/c1-3-15-4-6-16(7-5-15)14(2)24-20(25)12-28-21(26)11-23-22(27)17-8-9-18-19(10-17)30-13-29-18/h4-10,14H,3,11-13H2,1-2H3,(H,23,27)(H,24,25)/t14-/m0/s1. The molecule has 1 aliphatic rings. The Morgan fingerprint density at radius 3 is 2.53 bits per heavy atom. The van der Waals surface area contributed by atoms with Crippen LogP contribution >= 0.6 is 0 Å². The summed E-state index contributed by atoms with van der Waals surface area (Å²) in [5, 5.41) is 5.22. The van der Waals surface area contributed by atoms with Crippen LogP contribution in [-0.4, -0.2) is 37.7 Å². The monoisotopic (exact) mass is 412 g/mol. The van der Waals surface area contributed by atoms with Gasteiger partial charge < -0.3 is 24.8 Å². The van der Waals surface area contributed by atoms with Gasteiger partial charge in [0.2, 0.25) is 6.79 Å². The predicted molar refractivity (Wildman–Crippen MR) is 108 cm³/mol. The zero-order valence-electron chi connectivity index (χ0n) is 16.9. The van der Waals surface area contributed by atoms with Gasteiger partial charge in [0.15, 0.2) is 18.1 Å². The van der Waals surface area contributed by atoms with Gasteiger partial charge >= 0.3 is 5.97 Å². The van der Waals surface area contributed by atoms with E-state index in [9.17, 15) is 14.4 Å². The summed E-state index contributed by atoms with van der Waals surface area (Å²) in [6, 6.07) is 12.5. The average Bonchev–Trinajstić information content (AvgIpc) is 3.24. The summed E-state index contributed by atoms with van der Waals surface area (Å²) in [7, 11) is 0. The van der Waals surface area contributed by atoms with Crippen molar-refractivity contribution in [2.75, 3.05) is 19.9 Å². The van der Waals surface area contributed by atoms with Crippen LogP contribution in [0.4, 0.5) is 0 Å². The summed E-state index contributed by atoms with van der Waals surface area (Å²) in [4.78, 5) is 36.0. The van der Waals surface area contributed by atoms with Crippen LogP contribution in [0.3, 0.4) is 0 Å². The smallest absolute Gasteiger partial charge is 0.325 e. The van der Waals surface area contributed by atoms with E-state index >= 15 is 0 Å². The number of carbonyl (C=O) groups is 3. The van der Waals surface area contributed by atoms with E-state index in [1.807, 2.05) is 31.2 Å². The molecule has 1 heterocycles. The summed E-state index contributed by atoms with van der Waals surface area (Å²) < 4.78 is 15.3. The molecule has 0 unspecified atom stereocenters. The molecular formula is C22H24N2O6. The van der Waals surface area contributed by atoms with Crippen molar-refractivity contribution < 1.29 is 28.6 Å². The molecule has 2 N–H and O–H groups in total. The van der Waals surface area contributed by atoms with Gasteiger partial charge in [0.1, 0.15) is 6.54 Å². The molecule has 0 radical (unpaired) electrons. The van der Waals surface area contributed by atoms with Crippen molar-refractivity contribution >= 4 is 17.8 Å². The van der Waals surface area contributed by atoms with Gasteiger partial charge in [-0.2, -0.15) is 0 Å². The zero-order chi connectivity index (χ0) is 21.5. The van der Waals surface area contributed by atoms with E-state index in [0.717, 1.165) is 12.0 Å². The van der Waals surface area contributed by atoms with Crippen LogP contribution < -0.4 is 20.1 Å². The lowest BCUT2D eigenvalue weighted by atomic mass is 10.1. The largest absolute Gasteiger partial charge is 0.454 e. The van der Waals surface area contributed by atoms with Crippen molar-refractivity contribution in [2.45, 2.75) is 26.3 Å². The normalized spacial score (nSPS) is 12.7. The number of rotatable bonds is 8. The van der Waals surface area contributed by atoms with Gasteiger partial charge in [-0.05, 0) is 42.7 Å². The first-order valence-corrected chi connectivity index (χ1v) is 9.68. The third-order valence-corrected chi connectivity index (χ3v) is 4.66. The molecule has 2 aromatic rings. The molecule has 8 heteroatoms. The molecule has 0 bridgehead atoms. The Morgan fingerprint density at radius 1 is 1.07 bits per heavy atom. The number of aryl methyl sites for hydroxylation is 1. The number of benzene rings is 2. The fourth-order valence-corrected chi connectivity index (χ4v) is 2.90. The summed E-state index contributed by atoms with van der Waals surface area (Å²) in [5.74, 6) is -0.552. The molecule has 0 saturated carbocycles. The molecule has 3 rings (SSSR count). The van der Waals surface area contributed by atoms with Crippen LogP contribution in [-0.2, 0) is 20.7 Å². The summed E-state index contributed by atoms with van der Waals surface area (Å²) >= 11 is 0. The van der Waals surface area contributed by atoms with E-state index in [-0.39, 0.29) is 19.4 Å². The number of nitrogens with one attached hydrogen (secondary N) is 2. The third-order valence-electron chi connectivity index (χ3n) is 4.66. The summed E-state index contributed by atoms with van der Waals surface area (Å²) in [5.41, 5.74) is 2.50. The van der Waals surface area contributed by atoms with E-state index in [1.165, 1.54) is 11.6 Å². The first-order valence-electron chi connectivity index (χ1n) is 9.68. The second-order valence-corrected chi connectivity index (χ2v) is 6.80. The molecule has 158 valence electrons. The number of hydrogen-bond acceptors (Lipinski definition) is 6. The van der Waals surface area contributed by atoms with Gasteiger partial charge in [0.05, 0.1) is 6.04 Å². The van der Waals surface area contributed by atoms with Crippen molar-refractivity contribution in [1.29, 1.82) is 0 Å². The van der Waals surface area contributed by atoms with Crippen LogP contribution in [0, 0.1) is 0 Å². The van der Waals surface area contributed by atoms with Gasteiger partial charge in [-0.3, -0.25) is 14.4 Å². The highest BCUT2D eigenvalue weighted by atomic mass is 16.7. The first kappa shape index (κ1) is 21.2. The Bertz CT molecular complexity index is 926. The number of fused-ring (bicyclic) bond motifs is 1. The number of amides is 2. The van der Waals surface area contributed by atoms with E-state index in [0.29, 0.717) is 17.1 Å². The van der Waals surface area contributed by atoms with Gasteiger partial charge in [-0.25, -0.2) is 0 Å². The highest BCUT2D eigenvalue weighted by Gasteiger charge is 2.17. The van der Waals surface area contributed by atoms with Gasteiger partial charge in [-0.1, -0.05) is 31.2 Å². The van der Waals surface area contributed by atoms with E-state index in [2.05, 4.69) is 17.6 Å². The quantitative estimate of drug-likeness (QED) is 0.644. The van der Waals surface area contributed by atoms with Crippen LogP contribution in [0.1, 0.15) is 41.4 Å². The summed E-state index contributed by atoms with van der Waals surface area (Å²) in [6.45, 7) is 3.26. The maximum atomic E-state index is 12.1. The minimum Gasteiger partial charge on any atom is -0.454 e. The molecule has 2 amide bonds. The topological polar surface area (TPSA) is 103 Å². The molecule has 0 aromatic heterocycles. The Balaban J connectivity index is 1.39. The van der Waals surface area contributed by atoms with Crippen molar-refractivity contribution in [3.8, 4) is 11.5 Å². The molecular weight excluding hydrogens is 388 g/mol. The lowest BCUT2D eigenvalue weighted by Crippen LogP contribution is -2.34. The number of hydrogen-bond donors (Lipinski definition) is 2. The van der Waals surface area contributed by atoms with E-state index in [4.69, 9.17) is 14.2 Å². The predicted octanol–water partition coefficient (Wildman–Crippen LogP) is 2.13. The molecule has 30 heavy (non-hydrogen) atoms. The Labute approximate surface area is 174 Å². The van der Waals surface area contributed by atoms with Gasteiger partial charge in [0, 0.05) is 5.56 Å². The Kier molecular flexibility index (Phi) is 6.90. The van der Waals surface area contributed by atoms with Crippen LogP contribution in [0.25, 0.3) is 0 Å². The number of esters is 1. The van der Waals surface area contributed by atoms with Gasteiger partial charge in [-0.15, -0.1) is 0 Å². The lowest BCUT2D eigenvalue weighted by molar-refractivity contribution is -0.147. The molecule has 1 atom stereocenters. The minimum atomic E-state index is -0.709.